The molecule has 0 radical (unpaired) electrons. The zero-order chi connectivity index (χ0) is 15.5. The first kappa shape index (κ1) is 15.5. The fraction of sp³-hybridized carbons (Fsp3) is 0.333. The number of aliphatic hydroxyl groups excluding tert-OH is 1. The maximum atomic E-state index is 10.2. The third-order valence-electron chi connectivity index (χ3n) is 3.99. The van der Waals surface area contributed by atoms with Gasteiger partial charge in [0.25, 0.3) is 0 Å². The summed E-state index contributed by atoms with van der Waals surface area (Å²) in [6, 6.07) is 16.2. The highest BCUT2D eigenvalue weighted by atomic mass is 79.9. The Morgan fingerprint density at radius 2 is 1.91 bits per heavy atom. The van der Waals surface area contributed by atoms with E-state index in [9.17, 15) is 5.11 Å². The molecule has 2 aromatic carbocycles. The van der Waals surface area contributed by atoms with Crippen LogP contribution in [-0.2, 0) is 13.0 Å². The van der Waals surface area contributed by atoms with Gasteiger partial charge < -0.3 is 9.84 Å². The van der Waals surface area contributed by atoms with Gasteiger partial charge in [-0.3, -0.25) is 4.90 Å². The fourth-order valence-corrected chi connectivity index (χ4v) is 3.27. The van der Waals surface area contributed by atoms with E-state index in [-0.39, 0.29) is 6.23 Å². The van der Waals surface area contributed by atoms with Gasteiger partial charge in [0, 0.05) is 17.6 Å². The van der Waals surface area contributed by atoms with Crippen LogP contribution in [0, 0.1) is 0 Å². The maximum absolute atomic E-state index is 10.2. The van der Waals surface area contributed by atoms with Gasteiger partial charge in [-0.2, -0.15) is 0 Å². The van der Waals surface area contributed by atoms with Crippen molar-refractivity contribution in [3.8, 4) is 5.75 Å². The van der Waals surface area contributed by atoms with Gasteiger partial charge in [0.2, 0.25) is 0 Å². The number of fused-ring (bicyclic) bond motifs is 1. The first-order chi connectivity index (χ1) is 10.6. The molecule has 1 aliphatic rings. The average molecular weight is 362 g/mol. The summed E-state index contributed by atoms with van der Waals surface area (Å²) in [7, 11) is 0. The minimum absolute atomic E-state index is 0.345. The van der Waals surface area contributed by atoms with E-state index >= 15 is 0 Å². The van der Waals surface area contributed by atoms with Crippen LogP contribution in [0.4, 0.5) is 0 Å². The molecule has 1 N–H and O–H groups in total. The second-order valence-electron chi connectivity index (χ2n) is 5.70. The van der Waals surface area contributed by atoms with Crippen LogP contribution < -0.4 is 4.74 Å². The van der Waals surface area contributed by atoms with E-state index in [1.165, 1.54) is 11.1 Å². The normalized spacial score (nSPS) is 17.6. The van der Waals surface area contributed by atoms with Crippen molar-refractivity contribution in [3.63, 3.8) is 0 Å². The third kappa shape index (κ3) is 3.51. The highest BCUT2D eigenvalue weighted by molar-refractivity contribution is 9.10. The number of aliphatic hydroxyl groups is 1. The lowest BCUT2D eigenvalue weighted by molar-refractivity contribution is -0.0647. The molecule has 4 heteroatoms. The van der Waals surface area contributed by atoms with Crippen LogP contribution in [0.15, 0.2) is 53.0 Å². The van der Waals surface area contributed by atoms with E-state index in [0.717, 1.165) is 29.7 Å². The van der Waals surface area contributed by atoms with Gasteiger partial charge in [-0.25, -0.2) is 0 Å². The van der Waals surface area contributed by atoms with Crippen LogP contribution in [0.5, 0.6) is 5.75 Å². The summed E-state index contributed by atoms with van der Waals surface area (Å²) in [5.41, 5.74) is 2.71. The molecule has 3 nitrogen and oxygen atoms in total. The van der Waals surface area contributed by atoms with Crippen molar-refractivity contribution >= 4 is 15.9 Å². The van der Waals surface area contributed by atoms with E-state index in [1.807, 2.05) is 24.3 Å². The Kier molecular flexibility index (Phi) is 4.81. The van der Waals surface area contributed by atoms with Crippen molar-refractivity contribution in [1.82, 2.24) is 4.90 Å². The number of hydrogen-bond acceptors (Lipinski definition) is 3. The second kappa shape index (κ2) is 6.82. The number of rotatable bonds is 4. The van der Waals surface area contributed by atoms with Crippen LogP contribution in [0.25, 0.3) is 0 Å². The first-order valence-corrected chi connectivity index (χ1v) is 8.34. The third-order valence-corrected chi connectivity index (χ3v) is 4.48. The number of hydrogen-bond donors (Lipinski definition) is 1. The minimum Gasteiger partial charge on any atom is -0.472 e. The largest absolute Gasteiger partial charge is 0.472 e. The summed E-state index contributed by atoms with van der Waals surface area (Å²) in [4.78, 5) is 2.20. The van der Waals surface area contributed by atoms with Crippen LogP contribution in [0.2, 0.25) is 0 Å². The van der Waals surface area contributed by atoms with Gasteiger partial charge in [-0.15, -0.1) is 0 Å². The summed E-state index contributed by atoms with van der Waals surface area (Å²) in [6.45, 7) is 3.48. The highest BCUT2D eigenvalue weighted by Gasteiger charge is 2.28. The number of ether oxygens (including phenoxy) is 1. The molecule has 0 spiro atoms. The molecule has 0 bridgehead atoms. The topological polar surface area (TPSA) is 32.7 Å². The van der Waals surface area contributed by atoms with Crippen molar-refractivity contribution in [3.05, 3.63) is 64.1 Å². The molecular formula is C18H20BrNO2. The van der Waals surface area contributed by atoms with Gasteiger partial charge in [-0.05, 0) is 42.7 Å². The summed E-state index contributed by atoms with van der Waals surface area (Å²) in [6.07, 6.45) is 0.0771. The molecular weight excluding hydrogens is 342 g/mol. The molecule has 0 amide bonds. The quantitative estimate of drug-likeness (QED) is 0.902. The summed E-state index contributed by atoms with van der Waals surface area (Å²) in [5.74, 6) is 0.763. The lowest BCUT2D eigenvalue weighted by Crippen LogP contribution is -2.48. The molecule has 2 unspecified atom stereocenters. The van der Waals surface area contributed by atoms with Gasteiger partial charge in [-0.1, -0.05) is 46.3 Å². The Bertz CT molecular complexity index is 644. The molecule has 116 valence electrons. The van der Waals surface area contributed by atoms with E-state index in [2.05, 4.69) is 45.1 Å². The predicted octanol–water partition coefficient (Wildman–Crippen LogP) is 3.59. The number of benzene rings is 2. The number of nitrogens with zero attached hydrogens (tertiary/aromatic N) is 1. The van der Waals surface area contributed by atoms with Gasteiger partial charge in [0.1, 0.15) is 11.9 Å². The second-order valence-corrected chi connectivity index (χ2v) is 6.61. The molecule has 3 rings (SSSR count). The van der Waals surface area contributed by atoms with E-state index in [0.29, 0.717) is 0 Å². The van der Waals surface area contributed by atoms with Crippen molar-refractivity contribution in [1.29, 1.82) is 0 Å². The zero-order valence-electron chi connectivity index (χ0n) is 12.6. The number of halogens is 1. The standard InChI is InChI=1S/C18H20BrNO2/c1-13(21)18(22-17-8-4-7-16(19)11-17)20-10-9-14-5-2-3-6-15(14)12-20/h2-8,11,13,18,21H,9-10,12H2,1H3. The smallest absolute Gasteiger partial charge is 0.178 e. The van der Waals surface area contributed by atoms with Gasteiger partial charge in [0.05, 0.1) is 0 Å². The zero-order valence-corrected chi connectivity index (χ0v) is 14.2. The van der Waals surface area contributed by atoms with Crippen molar-refractivity contribution in [2.75, 3.05) is 6.54 Å². The van der Waals surface area contributed by atoms with E-state index in [4.69, 9.17) is 4.74 Å². The lowest BCUT2D eigenvalue weighted by Gasteiger charge is -2.36. The van der Waals surface area contributed by atoms with Crippen LogP contribution in [0.1, 0.15) is 18.1 Å². The Morgan fingerprint density at radius 3 is 2.64 bits per heavy atom. The predicted molar refractivity (Wildman–Crippen MR) is 90.8 cm³/mol. The Hall–Kier alpha value is -1.36. The molecule has 2 atom stereocenters. The molecule has 22 heavy (non-hydrogen) atoms. The SMILES string of the molecule is CC(O)C(Oc1cccc(Br)c1)N1CCc2ccccc2C1. The van der Waals surface area contributed by atoms with E-state index < -0.39 is 6.10 Å². The average Bonchev–Trinajstić information content (AvgIpc) is 2.52. The maximum Gasteiger partial charge on any atom is 0.178 e. The summed E-state index contributed by atoms with van der Waals surface area (Å²) in [5, 5.41) is 10.2. The van der Waals surface area contributed by atoms with E-state index in [1.54, 1.807) is 6.92 Å². The van der Waals surface area contributed by atoms with Gasteiger partial charge >= 0.3 is 0 Å². The fourth-order valence-electron chi connectivity index (χ4n) is 2.89. The van der Waals surface area contributed by atoms with Crippen LogP contribution in [0.3, 0.4) is 0 Å². The molecule has 0 saturated heterocycles. The molecule has 1 heterocycles. The highest BCUT2D eigenvalue weighted by Crippen LogP contribution is 2.25. The Balaban J connectivity index is 1.78. The van der Waals surface area contributed by atoms with Crippen LogP contribution >= 0.6 is 15.9 Å². The Morgan fingerprint density at radius 1 is 1.14 bits per heavy atom. The van der Waals surface area contributed by atoms with Crippen molar-refractivity contribution < 1.29 is 9.84 Å². The Labute approximate surface area is 139 Å². The minimum atomic E-state index is -0.566. The molecule has 0 fully saturated rings. The van der Waals surface area contributed by atoms with Crippen LogP contribution in [-0.4, -0.2) is 28.9 Å². The lowest BCUT2D eigenvalue weighted by atomic mass is 9.99. The summed E-state index contributed by atoms with van der Waals surface area (Å²) < 4.78 is 7.03. The molecule has 2 aromatic rings. The molecule has 0 aromatic heterocycles. The molecule has 0 aliphatic carbocycles. The molecule has 0 saturated carbocycles. The van der Waals surface area contributed by atoms with Gasteiger partial charge in [0.15, 0.2) is 6.23 Å². The van der Waals surface area contributed by atoms with Crippen molar-refractivity contribution in [2.24, 2.45) is 0 Å². The summed E-state index contributed by atoms with van der Waals surface area (Å²) >= 11 is 3.45. The monoisotopic (exact) mass is 361 g/mol. The van der Waals surface area contributed by atoms with Crippen molar-refractivity contribution in [2.45, 2.75) is 32.2 Å². The molecule has 1 aliphatic heterocycles. The first-order valence-electron chi connectivity index (χ1n) is 7.54.